The highest BCUT2D eigenvalue weighted by Gasteiger charge is 2.30. The van der Waals surface area contributed by atoms with E-state index in [1.54, 1.807) is 6.92 Å². The van der Waals surface area contributed by atoms with E-state index in [-0.39, 0.29) is 6.61 Å². The summed E-state index contributed by atoms with van der Waals surface area (Å²) in [5, 5.41) is 0. The lowest BCUT2D eigenvalue weighted by molar-refractivity contribution is -0.167. The van der Waals surface area contributed by atoms with Gasteiger partial charge >= 0.3 is 11.9 Å². The average Bonchev–Trinajstić information content (AvgIpc) is 2.23. The first kappa shape index (κ1) is 16.8. The Morgan fingerprint density at radius 2 is 1.83 bits per heavy atom. The van der Waals surface area contributed by atoms with Crippen molar-refractivity contribution in [3.63, 3.8) is 0 Å². The summed E-state index contributed by atoms with van der Waals surface area (Å²) in [6, 6.07) is 0. The van der Waals surface area contributed by atoms with Crippen molar-refractivity contribution in [3.8, 4) is 0 Å². The van der Waals surface area contributed by atoms with Crippen LogP contribution in [0.3, 0.4) is 0 Å². The highest BCUT2D eigenvalue weighted by Crippen LogP contribution is 2.05. The average molecular weight is 283 g/mol. The van der Waals surface area contributed by atoms with Gasteiger partial charge in [0.05, 0.1) is 12.9 Å². The van der Waals surface area contributed by atoms with Crippen molar-refractivity contribution < 1.29 is 31.8 Å². The van der Waals surface area contributed by atoms with Crippen LogP contribution in [0.15, 0.2) is 0 Å². The molecule has 0 aliphatic heterocycles. The number of esters is 1. The van der Waals surface area contributed by atoms with Gasteiger partial charge in [-0.2, -0.15) is 8.42 Å². The highest BCUT2D eigenvalue weighted by molar-refractivity contribution is 7.86. The number of ether oxygens (including phenoxy) is 1. The van der Waals surface area contributed by atoms with E-state index in [9.17, 15) is 18.0 Å². The van der Waals surface area contributed by atoms with Crippen molar-refractivity contribution in [1.29, 1.82) is 0 Å². The van der Waals surface area contributed by atoms with Gasteiger partial charge < -0.3 is 9.57 Å². The summed E-state index contributed by atoms with van der Waals surface area (Å²) in [4.78, 5) is 27.0. The Balaban J connectivity index is 4.16. The number of hydroxylamine groups is 1. The maximum Gasteiger partial charge on any atom is 0.352 e. The predicted octanol–water partition coefficient (Wildman–Crippen LogP) is -0.648. The predicted molar refractivity (Wildman–Crippen MR) is 60.7 cm³/mol. The summed E-state index contributed by atoms with van der Waals surface area (Å²) >= 11 is 0. The van der Waals surface area contributed by atoms with Crippen LogP contribution >= 0.6 is 0 Å². The third-order valence-corrected chi connectivity index (χ3v) is 2.14. The first-order valence-corrected chi connectivity index (χ1v) is 6.88. The van der Waals surface area contributed by atoms with Crippen LogP contribution in [0.2, 0.25) is 0 Å². The number of hydrogen-bond donors (Lipinski definition) is 1. The van der Waals surface area contributed by atoms with E-state index in [2.05, 4.69) is 14.5 Å². The summed E-state index contributed by atoms with van der Waals surface area (Å²) in [7, 11) is -3.72. The molecule has 0 fully saturated rings. The number of rotatable bonds is 7. The molecular weight excluding hydrogens is 266 g/mol. The minimum Gasteiger partial charge on any atom is -0.465 e. The molecule has 0 aliphatic carbocycles. The van der Waals surface area contributed by atoms with Crippen molar-refractivity contribution in [2.24, 2.45) is 0 Å². The normalized spacial score (nSPS) is 12.0. The van der Waals surface area contributed by atoms with Crippen LogP contribution in [0.4, 0.5) is 0 Å². The number of nitrogens with one attached hydrogen (secondary N) is 1. The number of hydrogen-bond acceptors (Lipinski definition) is 8. The summed E-state index contributed by atoms with van der Waals surface area (Å²) < 4.78 is 30.2. The van der Waals surface area contributed by atoms with Crippen LogP contribution in [-0.2, 0) is 33.5 Å². The zero-order valence-electron chi connectivity index (χ0n) is 10.7. The lowest BCUT2D eigenvalue weighted by Crippen LogP contribution is -2.49. The van der Waals surface area contributed by atoms with E-state index in [4.69, 9.17) is 4.74 Å². The molecule has 0 radical (unpaired) electrons. The maximum atomic E-state index is 11.4. The fourth-order valence-corrected chi connectivity index (χ4v) is 1.03. The van der Waals surface area contributed by atoms with Gasteiger partial charge in [0.25, 0.3) is 10.1 Å². The summed E-state index contributed by atoms with van der Waals surface area (Å²) in [6.07, 6.45) is 0.802. The van der Waals surface area contributed by atoms with E-state index < -0.39 is 34.2 Å². The summed E-state index contributed by atoms with van der Waals surface area (Å²) in [5.74, 6) is -1.58. The third-order valence-electron chi connectivity index (χ3n) is 1.60. The zero-order chi connectivity index (χ0) is 14.4. The second kappa shape index (κ2) is 6.66. The quantitative estimate of drug-likeness (QED) is 0.373. The molecule has 0 bridgehead atoms. The standard InChI is InChI=1S/C9H17NO7S/c1-5-15-8(12)9(2,3)10-17-7(11)6-16-18(4,13)14/h10H,5-6H2,1-4H3. The maximum absolute atomic E-state index is 11.4. The summed E-state index contributed by atoms with van der Waals surface area (Å²) in [6.45, 7) is 3.94. The number of carbonyl (C=O) groups is 2. The Labute approximate surface area is 106 Å². The fraction of sp³-hybridized carbons (Fsp3) is 0.778. The molecule has 0 aromatic heterocycles. The zero-order valence-corrected chi connectivity index (χ0v) is 11.5. The SMILES string of the molecule is CCOC(=O)C(C)(C)NOC(=O)COS(C)(=O)=O. The lowest BCUT2D eigenvalue weighted by Gasteiger charge is -2.22. The first-order chi connectivity index (χ1) is 8.08. The molecule has 0 saturated heterocycles. The molecular formula is C9H17NO7S. The molecule has 0 aliphatic rings. The molecule has 9 heteroatoms. The molecule has 8 nitrogen and oxygen atoms in total. The van der Waals surface area contributed by atoms with Gasteiger partial charge in [-0.15, -0.1) is 5.48 Å². The first-order valence-electron chi connectivity index (χ1n) is 5.07. The Hall–Kier alpha value is -1.19. The second-order valence-corrected chi connectivity index (χ2v) is 5.53. The van der Waals surface area contributed by atoms with Crippen LogP contribution in [0.25, 0.3) is 0 Å². The molecule has 18 heavy (non-hydrogen) atoms. The van der Waals surface area contributed by atoms with E-state index in [1.807, 2.05) is 0 Å². The van der Waals surface area contributed by atoms with Crippen LogP contribution in [0.1, 0.15) is 20.8 Å². The monoisotopic (exact) mass is 283 g/mol. The minimum atomic E-state index is -3.72. The van der Waals surface area contributed by atoms with Crippen molar-refractivity contribution in [2.45, 2.75) is 26.3 Å². The molecule has 0 atom stereocenters. The van der Waals surface area contributed by atoms with Gasteiger partial charge in [-0.1, -0.05) is 0 Å². The van der Waals surface area contributed by atoms with Crippen LogP contribution in [-0.4, -0.2) is 45.4 Å². The van der Waals surface area contributed by atoms with Gasteiger partial charge in [-0.3, -0.25) is 4.18 Å². The van der Waals surface area contributed by atoms with Crippen molar-refractivity contribution in [3.05, 3.63) is 0 Å². The smallest absolute Gasteiger partial charge is 0.352 e. The van der Waals surface area contributed by atoms with Crippen molar-refractivity contribution >= 4 is 22.1 Å². The Bertz CT molecular complexity index is 401. The molecule has 0 saturated carbocycles. The Morgan fingerprint density at radius 1 is 1.28 bits per heavy atom. The van der Waals surface area contributed by atoms with Gasteiger partial charge in [-0.25, -0.2) is 9.59 Å². The fourth-order valence-electron chi connectivity index (χ4n) is 0.722. The molecule has 0 heterocycles. The molecule has 1 N–H and O–H groups in total. The molecule has 0 aromatic rings. The van der Waals surface area contributed by atoms with E-state index >= 15 is 0 Å². The lowest BCUT2D eigenvalue weighted by atomic mass is 10.1. The van der Waals surface area contributed by atoms with Crippen LogP contribution in [0, 0.1) is 0 Å². The molecule has 0 unspecified atom stereocenters. The number of carbonyl (C=O) groups excluding carboxylic acids is 2. The molecule has 0 amide bonds. The molecule has 0 rings (SSSR count). The highest BCUT2D eigenvalue weighted by atomic mass is 32.2. The van der Waals surface area contributed by atoms with Crippen LogP contribution < -0.4 is 5.48 Å². The van der Waals surface area contributed by atoms with Gasteiger partial charge in [0.2, 0.25) is 0 Å². The van der Waals surface area contributed by atoms with Crippen LogP contribution in [0.5, 0.6) is 0 Å². The van der Waals surface area contributed by atoms with Crippen molar-refractivity contribution in [1.82, 2.24) is 5.48 Å². The second-order valence-electron chi connectivity index (χ2n) is 3.89. The van der Waals surface area contributed by atoms with Gasteiger partial charge in [0.1, 0.15) is 5.54 Å². The molecule has 106 valence electrons. The van der Waals surface area contributed by atoms with Crippen molar-refractivity contribution in [2.75, 3.05) is 19.5 Å². The van der Waals surface area contributed by atoms with Gasteiger partial charge in [0.15, 0.2) is 6.61 Å². The summed E-state index contributed by atoms with van der Waals surface area (Å²) in [5.41, 5.74) is 0.941. The largest absolute Gasteiger partial charge is 0.465 e. The molecule has 0 aromatic carbocycles. The Kier molecular flexibility index (Phi) is 6.22. The van der Waals surface area contributed by atoms with E-state index in [0.717, 1.165) is 6.26 Å². The van der Waals surface area contributed by atoms with Gasteiger partial charge in [-0.05, 0) is 20.8 Å². The Morgan fingerprint density at radius 3 is 2.28 bits per heavy atom. The van der Waals surface area contributed by atoms with E-state index in [0.29, 0.717) is 0 Å². The topological polar surface area (TPSA) is 108 Å². The third kappa shape index (κ3) is 7.20. The molecule has 0 spiro atoms. The minimum absolute atomic E-state index is 0.190. The van der Waals surface area contributed by atoms with Gasteiger partial charge in [0, 0.05) is 0 Å². The van der Waals surface area contributed by atoms with E-state index in [1.165, 1.54) is 13.8 Å².